The topological polar surface area (TPSA) is 55.7 Å². The number of hydrogen-bond acceptors (Lipinski definition) is 6. The lowest BCUT2D eigenvalue weighted by Gasteiger charge is -2.23. The summed E-state index contributed by atoms with van der Waals surface area (Å²) in [5.74, 6) is 0.736. The summed E-state index contributed by atoms with van der Waals surface area (Å²) in [6.45, 7) is 2.89. The van der Waals surface area contributed by atoms with E-state index < -0.39 is 0 Å². The van der Waals surface area contributed by atoms with E-state index in [1.165, 1.54) is 10.9 Å². The molecule has 0 amide bonds. The molecule has 0 bridgehead atoms. The molecule has 2 saturated heterocycles. The van der Waals surface area contributed by atoms with Crippen LogP contribution >= 0.6 is 0 Å². The highest BCUT2D eigenvalue weighted by Gasteiger charge is 2.38. The average molecular weight is 393 g/mol. The molecule has 7 nitrogen and oxygen atoms in total. The monoisotopic (exact) mass is 393 g/mol. The predicted octanol–water partition coefficient (Wildman–Crippen LogP) is 2.17. The van der Waals surface area contributed by atoms with Crippen molar-refractivity contribution in [1.82, 2.24) is 19.4 Å². The number of nitrogens with zero attached hydrogens (tertiary/aromatic N) is 5. The quantitative estimate of drug-likeness (QED) is 0.680. The Kier molecular flexibility index (Phi) is 4.73. The highest BCUT2D eigenvalue weighted by atomic mass is 16.6. The van der Waals surface area contributed by atoms with Crippen molar-refractivity contribution in [3.8, 4) is 11.3 Å². The summed E-state index contributed by atoms with van der Waals surface area (Å²) in [5.41, 5.74) is 3.26. The second-order valence-electron chi connectivity index (χ2n) is 8.18. The number of rotatable bonds is 3. The van der Waals surface area contributed by atoms with Crippen molar-refractivity contribution in [3.05, 3.63) is 42.7 Å². The van der Waals surface area contributed by atoms with Crippen molar-refractivity contribution in [2.45, 2.75) is 18.2 Å². The molecule has 0 radical (unpaired) electrons. The highest BCUT2D eigenvalue weighted by Crippen LogP contribution is 2.30. The van der Waals surface area contributed by atoms with E-state index in [-0.39, 0.29) is 12.2 Å². The number of anilines is 1. The maximum absolute atomic E-state index is 6.16. The lowest BCUT2D eigenvalue weighted by Crippen LogP contribution is -2.36. The molecular formula is C22H27N5O2. The average Bonchev–Trinajstić information content (AvgIpc) is 3.23. The van der Waals surface area contributed by atoms with E-state index in [1.54, 1.807) is 0 Å². The smallest absolute Gasteiger partial charge is 0.226 e. The fourth-order valence-electron chi connectivity index (χ4n) is 4.24. The van der Waals surface area contributed by atoms with Crippen molar-refractivity contribution >= 4 is 16.9 Å². The van der Waals surface area contributed by atoms with Crippen LogP contribution in [0.25, 0.3) is 22.2 Å². The van der Waals surface area contributed by atoms with Crippen molar-refractivity contribution < 1.29 is 9.47 Å². The first-order valence-electron chi connectivity index (χ1n) is 10.1. The Labute approximate surface area is 170 Å². The van der Waals surface area contributed by atoms with Gasteiger partial charge in [-0.15, -0.1) is 0 Å². The molecule has 3 aromatic rings. The predicted molar refractivity (Wildman–Crippen MR) is 113 cm³/mol. The van der Waals surface area contributed by atoms with Gasteiger partial charge in [0.05, 0.1) is 24.9 Å². The van der Waals surface area contributed by atoms with Crippen LogP contribution in [-0.4, -0.2) is 78.1 Å². The van der Waals surface area contributed by atoms with Crippen molar-refractivity contribution in [1.29, 1.82) is 0 Å². The minimum absolute atomic E-state index is 0.0600. The molecule has 29 heavy (non-hydrogen) atoms. The van der Waals surface area contributed by atoms with Crippen LogP contribution in [0.5, 0.6) is 0 Å². The number of benzene rings is 1. The standard InChI is InChI=1S/C22H27N5O2/c1-25(2)15-13-28-20-11-27(12-21(20)29-14-15)22-23-9-8-18(24-22)17-10-26(3)19-7-5-4-6-16(17)19/h4-10,15,20-21H,11-14H2,1-3H3/t20-,21-/m0/s1. The van der Waals surface area contributed by atoms with E-state index in [4.69, 9.17) is 14.5 Å². The second kappa shape index (κ2) is 7.40. The molecule has 7 heteroatoms. The maximum Gasteiger partial charge on any atom is 0.226 e. The van der Waals surface area contributed by atoms with Crippen LogP contribution in [0, 0.1) is 0 Å². The Morgan fingerprint density at radius 3 is 2.48 bits per heavy atom. The van der Waals surface area contributed by atoms with Gasteiger partial charge in [-0.25, -0.2) is 9.97 Å². The first-order valence-corrected chi connectivity index (χ1v) is 10.1. The van der Waals surface area contributed by atoms with Gasteiger partial charge in [0.15, 0.2) is 0 Å². The van der Waals surface area contributed by atoms with Crippen LogP contribution in [0.3, 0.4) is 0 Å². The normalized spacial score (nSPS) is 23.0. The van der Waals surface area contributed by atoms with Crippen LogP contribution in [0.1, 0.15) is 0 Å². The molecule has 2 aromatic heterocycles. The molecule has 0 saturated carbocycles. The number of aromatic nitrogens is 3. The Bertz CT molecular complexity index is 1000. The zero-order valence-electron chi connectivity index (χ0n) is 17.2. The molecule has 2 aliphatic rings. The third-order valence-electron chi connectivity index (χ3n) is 6.05. The molecule has 2 aliphatic heterocycles. The van der Waals surface area contributed by atoms with Crippen LogP contribution in [0.4, 0.5) is 5.95 Å². The number of para-hydroxylation sites is 1. The Morgan fingerprint density at radius 1 is 1.03 bits per heavy atom. The Balaban J connectivity index is 1.39. The molecule has 2 atom stereocenters. The number of hydrogen-bond donors (Lipinski definition) is 0. The zero-order valence-corrected chi connectivity index (χ0v) is 17.2. The first kappa shape index (κ1) is 18.5. The summed E-state index contributed by atoms with van der Waals surface area (Å²) in [7, 11) is 6.20. The lowest BCUT2D eigenvalue weighted by molar-refractivity contribution is -0.00461. The summed E-state index contributed by atoms with van der Waals surface area (Å²) >= 11 is 0. The minimum Gasteiger partial charge on any atom is -0.372 e. The summed E-state index contributed by atoms with van der Waals surface area (Å²) in [6, 6.07) is 10.7. The molecule has 4 heterocycles. The molecular weight excluding hydrogens is 366 g/mol. The van der Waals surface area contributed by atoms with Crippen molar-refractivity contribution in [2.24, 2.45) is 7.05 Å². The second-order valence-corrected chi connectivity index (χ2v) is 8.18. The molecule has 2 fully saturated rings. The van der Waals surface area contributed by atoms with Gasteiger partial charge in [0, 0.05) is 49.0 Å². The van der Waals surface area contributed by atoms with Crippen LogP contribution in [0.2, 0.25) is 0 Å². The summed E-state index contributed by atoms with van der Waals surface area (Å²) < 4.78 is 14.5. The number of fused-ring (bicyclic) bond motifs is 2. The van der Waals surface area contributed by atoms with Gasteiger partial charge in [0.25, 0.3) is 0 Å². The van der Waals surface area contributed by atoms with Crippen LogP contribution in [0.15, 0.2) is 42.7 Å². The first-order chi connectivity index (χ1) is 14.1. The van der Waals surface area contributed by atoms with Gasteiger partial charge in [0.2, 0.25) is 5.95 Å². The van der Waals surface area contributed by atoms with Gasteiger partial charge in [-0.3, -0.25) is 0 Å². The molecule has 1 aromatic carbocycles. The lowest BCUT2D eigenvalue weighted by atomic mass is 10.1. The highest BCUT2D eigenvalue weighted by molar-refractivity contribution is 5.95. The van der Waals surface area contributed by atoms with E-state index in [1.807, 2.05) is 12.3 Å². The van der Waals surface area contributed by atoms with E-state index in [0.717, 1.165) is 30.3 Å². The van der Waals surface area contributed by atoms with Gasteiger partial charge in [0.1, 0.15) is 12.2 Å². The fourth-order valence-corrected chi connectivity index (χ4v) is 4.24. The minimum atomic E-state index is 0.0600. The largest absolute Gasteiger partial charge is 0.372 e. The van der Waals surface area contributed by atoms with Gasteiger partial charge in [-0.2, -0.15) is 0 Å². The molecule has 152 valence electrons. The zero-order chi connectivity index (χ0) is 20.0. The number of aryl methyl sites for hydroxylation is 1. The summed E-state index contributed by atoms with van der Waals surface area (Å²) in [5, 5.41) is 1.20. The van der Waals surface area contributed by atoms with Crippen LogP contribution in [-0.2, 0) is 16.5 Å². The van der Waals surface area contributed by atoms with Crippen molar-refractivity contribution in [3.63, 3.8) is 0 Å². The summed E-state index contributed by atoms with van der Waals surface area (Å²) in [6.07, 6.45) is 4.10. The van der Waals surface area contributed by atoms with Crippen LogP contribution < -0.4 is 4.90 Å². The van der Waals surface area contributed by atoms with E-state index in [9.17, 15) is 0 Å². The maximum atomic E-state index is 6.16. The van der Waals surface area contributed by atoms with Gasteiger partial charge in [-0.05, 0) is 26.2 Å². The Hall–Kier alpha value is -2.48. The van der Waals surface area contributed by atoms with E-state index >= 15 is 0 Å². The van der Waals surface area contributed by atoms with Crippen molar-refractivity contribution in [2.75, 3.05) is 45.3 Å². The summed E-state index contributed by atoms with van der Waals surface area (Å²) in [4.78, 5) is 13.8. The SMILES string of the molecule is CN(C)C1CO[C@H]2CN(c3nccc(-c4cn(C)c5ccccc45)n3)C[C@@H]2OC1. The number of likely N-dealkylation sites (N-methyl/N-ethyl adjacent to an activating group) is 1. The number of ether oxygens (including phenoxy) is 2. The third-order valence-corrected chi connectivity index (χ3v) is 6.05. The molecule has 0 aliphatic carbocycles. The Morgan fingerprint density at radius 2 is 1.76 bits per heavy atom. The van der Waals surface area contributed by atoms with Gasteiger partial charge in [-0.1, -0.05) is 18.2 Å². The van der Waals surface area contributed by atoms with E-state index in [2.05, 4.69) is 71.0 Å². The fraction of sp³-hybridized carbons (Fsp3) is 0.455. The van der Waals surface area contributed by atoms with Gasteiger partial charge >= 0.3 is 0 Å². The molecule has 5 rings (SSSR count). The third kappa shape index (κ3) is 3.39. The van der Waals surface area contributed by atoms with Gasteiger partial charge < -0.3 is 23.8 Å². The molecule has 0 spiro atoms. The van der Waals surface area contributed by atoms with E-state index in [0.29, 0.717) is 19.3 Å². The molecule has 0 unspecified atom stereocenters. The molecule has 0 N–H and O–H groups in total.